The predicted molar refractivity (Wildman–Crippen MR) is 107 cm³/mol. The van der Waals surface area contributed by atoms with Gasteiger partial charge >= 0.3 is 0 Å². The summed E-state index contributed by atoms with van der Waals surface area (Å²) < 4.78 is 0. The van der Waals surface area contributed by atoms with Crippen molar-refractivity contribution in [3.05, 3.63) is 10.6 Å². The van der Waals surface area contributed by atoms with Crippen LogP contribution in [-0.4, -0.2) is 47.4 Å². The van der Waals surface area contributed by atoms with E-state index in [-0.39, 0.29) is 17.7 Å². The number of carbonyl (C=O) groups is 2. The minimum atomic E-state index is -0.0553. The van der Waals surface area contributed by atoms with Gasteiger partial charge in [0, 0.05) is 24.0 Å². The van der Waals surface area contributed by atoms with Gasteiger partial charge in [0.05, 0.1) is 18.2 Å². The van der Waals surface area contributed by atoms with E-state index in [1.807, 2.05) is 6.92 Å². The standard InChI is InChI=1S/C19H32N4O2S/c1-5-7-10-20-18(25)15-9-8-13(3)23(11-15)12-17(24)22-19-21-16(6-2)14(4)26-19/h13,15H,5-12H2,1-4H3,(H,20,25)(H,21,22,24)/t13-,15-/m1/s1. The van der Waals surface area contributed by atoms with Crippen LogP contribution in [0.15, 0.2) is 0 Å². The van der Waals surface area contributed by atoms with Crippen molar-refractivity contribution in [2.75, 3.05) is 25.0 Å². The SMILES string of the molecule is CCCCNC(=O)[C@@H]1CC[C@@H](C)N(CC(=O)Nc2nc(CC)c(C)s2)C1. The number of piperidine rings is 1. The third-order valence-electron chi connectivity index (χ3n) is 5.03. The molecule has 1 fully saturated rings. The summed E-state index contributed by atoms with van der Waals surface area (Å²) in [5.74, 6) is 0.0452. The Labute approximate surface area is 160 Å². The van der Waals surface area contributed by atoms with Crippen molar-refractivity contribution in [2.45, 2.75) is 65.8 Å². The molecule has 1 aromatic heterocycles. The zero-order chi connectivity index (χ0) is 19.1. The number of aryl methyl sites for hydroxylation is 2. The van der Waals surface area contributed by atoms with Crippen molar-refractivity contribution in [1.82, 2.24) is 15.2 Å². The fourth-order valence-electron chi connectivity index (χ4n) is 3.30. The van der Waals surface area contributed by atoms with Gasteiger partial charge in [0.15, 0.2) is 5.13 Å². The summed E-state index contributed by atoms with van der Waals surface area (Å²) in [5, 5.41) is 6.61. The topological polar surface area (TPSA) is 74.3 Å². The van der Waals surface area contributed by atoms with E-state index in [4.69, 9.17) is 0 Å². The minimum Gasteiger partial charge on any atom is -0.356 e. The summed E-state index contributed by atoms with van der Waals surface area (Å²) in [6, 6.07) is 0.310. The number of hydrogen-bond donors (Lipinski definition) is 2. The van der Waals surface area contributed by atoms with Crippen LogP contribution in [0.5, 0.6) is 0 Å². The second-order valence-corrected chi connectivity index (χ2v) is 8.32. The first-order valence-corrected chi connectivity index (χ1v) is 10.5. The van der Waals surface area contributed by atoms with Crippen LogP contribution in [0.1, 0.15) is 57.0 Å². The highest BCUT2D eigenvalue weighted by Gasteiger charge is 2.30. The van der Waals surface area contributed by atoms with Crippen LogP contribution in [0.25, 0.3) is 0 Å². The van der Waals surface area contributed by atoms with Gasteiger partial charge in [-0.05, 0) is 39.5 Å². The van der Waals surface area contributed by atoms with Gasteiger partial charge in [-0.15, -0.1) is 11.3 Å². The molecule has 2 rings (SSSR count). The third kappa shape index (κ3) is 5.77. The highest BCUT2D eigenvalue weighted by Crippen LogP contribution is 2.24. The molecule has 6 nitrogen and oxygen atoms in total. The van der Waals surface area contributed by atoms with Crippen LogP contribution in [0.2, 0.25) is 0 Å². The largest absolute Gasteiger partial charge is 0.356 e. The predicted octanol–water partition coefficient (Wildman–Crippen LogP) is 2.97. The Balaban J connectivity index is 1.87. The normalized spacial score (nSPS) is 20.8. The summed E-state index contributed by atoms with van der Waals surface area (Å²) >= 11 is 1.52. The fraction of sp³-hybridized carbons (Fsp3) is 0.737. The highest BCUT2D eigenvalue weighted by atomic mass is 32.1. The summed E-state index contributed by atoms with van der Waals surface area (Å²) in [6.07, 6.45) is 4.78. The molecule has 2 atom stereocenters. The van der Waals surface area contributed by atoms with Crippen LogP contribution in [0.4, 0.5) is 5.13 Å². The molecule has 0 saturated carbocycles. The van der Waals surface area contributed by atoms with Crippen molar-refractivity contribution in [3.8, 4) is 0 Å². The molecule has 1 saturated heterocycles. The number of anilines is 1. The monoisotopic (exact) mass is 380 g/mol. The molecular formula is C19H32N4O2S. The Morgan fingerprint density at radius 2 is 2.08 bits per heavy atom. The van der Waals surface area contributed by atoms with Crippen LogP contribution >= 0.6 is 11.3 Å². The molecule has 0 radical (unpaired) electrons. The van der Waals surface area contributed by atoms with Gasteiger partial charge < -0.3 is 10.6 Å². The molecule has 2 N–H and O–H groups in total. The number of rotatable bonds is 8. The van der Waals surface area contributed by atoms with Gasteiger partial charge in [0.25, 0.3) is 0 Å². The first-order valence-electron chi connectivity index (χ1n) is 9.72. The Morgan fingerprint density at radius 3 is 2.73 bits per heavy atom. The lowest BCUT2D eigenvalue weighted by molar-refractivity contribution is -0.128. The van der Waals surface area contributed by atoms with E-state index in [0.717, 1.165) is 49.2 Å². The van der Waals surface area contributed by atoms with E-state index in [2.05, 4.69) is 41.3 Å². The molecule has 0 spiro atoms. The van der Waals surface area contributed by atoms with Crippen LogP contribution < -0.4 is 10.6 Å². The van der Waals surface area contributed by atoms with Crippen molar-refractivity contribution < 1.29 is 9.59 Å². The Bertz CT molecular complexity index is 617. The molecule has 1 aromatic rings. The maximum Gasteiger partial charge on any atom is 0.240 e. The molecule has 1 aliphatic heterocycles. The lowest BCUT2D eigenvalue weighted by Gasteiger charge is -2.36. The van der Waals surface area contributed by atoms with Crippen molar-refractivity contribution in [1.29, 1.82) is 0 Å². The van der Waals surface area contributed by atoms with Gasteiger partial charge in [-0.25, -0.2) is 4.98 Å². The first kappa shape index (κ1) is 20.8. The number of amides is 2. The van der Waals surface area contributed by atoms with Crippen LogP contribution in [0.3, 0.4) is 0 Å². The third-order valence-corrected chi connectivity index (χ3v) is 5.96. The van der Waals surface area contributed by atoms with E-state index < -0.39 is 0 Å². The maximum absolute atomic E-state index is 12.4. The highest BCUT2D eigenvalue weighted by molar-refractivity contribution is 7.15. The van der Waals surface area contributed by atoms with E-state index >= 15 is 0 Å². The molecule has 146 valence electrons. The summed E-state index contributed by atoms with van der Waals surface area (Å²) in [4.78, 5) is 32.5. The quantitative estimate of drug-likeness (QED) is 0.680. The second kappa shape index (κ2) is 10.0. The molecule has 7 heteroatoms. The molecule has 0 bridgehead atoms. The number of likely N-dealkylation sites (tertiary alicyclic amines) is 1. The zero-order valence-corrected chi connectivity index (χ0v) is 17.2. The van der Waals surface area contributed by atoms with Crippen molar-refractivity contribution in [3.63, 3.8) is 0 Å². The lowest BCUT2D eigenvalue weighted by Crippen LogP contribution is -2.49. The van der Waals surface area contributed by atoms with Crippen LogP contribution in [0, 0.1) is 12.8 Å². The molecule has 26 heavy (non-hydrogen) atoms. The smallest absolute Gasteiger partial charge is 0.240 e. The zero-order valence-electron chi connectivity index (χ0n) is 16.4. The number of nitrogens with zero attached hydrogens (tertiary/aromatic N) is 2. The van der Waals surface area contributed by atoms with E-state index in [1.54, 1.807) is 0 Å². The average Bonchev–Trinajstić information content (AvgIpc) is 2.96. The molecule has 0 aromatic carbocycles. The lowest BCUT2D eigenvalue weighted by atomic mass is 9.92. The molecule has 2 amide bonds. The van der Waals surface area contributed by atoms with Crippen LogP contribution in [-0.2, 0) is 16.0 Å². The fourth-order valence-corrected chi connectivity index (χ4v) is 4.22. The van der Waals surface area contributed by atoms with Crippen molar-refractivity contribution >= 4 is 28.3 Å². The van der Waals surface area contributed by atoms with Gasteiger partial charge in [-0.1, -0.05) is 20.3 Å². The number of carbonyl (C=O) groups excluding carboxylic acids is 2. The Hall–Kier alpha value is -1.47. The minimum absolute atomic E-state index is 0.0235. The molecule has 0 unspecified atom stereocenters. The first-order chi connectivity index (χ1) is 12.4. The van der Waals surface area contributed by atoms with Gasteiger partial charge in [0.1, 0.15) is 0 Å². The molecule has 0 aliphatic carbocycles. The van der Waals surface area contributed by atoms with Gasteiger partial charge in [-0.2, -0.15) is 0 Å². The van der Waals surface area contributed by atoms with E-state index in [9.17, 15) is 9.59 Å². The van der Waals surface area contributed by atoms with E-state index in [1.165, 1.54) is 11.3 Å². The molecule has 2 heterocycles. The number of nitrogens with one attached hydrogen (secondary N) is 2. The second-order valence-electron chi connectivity index (χ2n) is 7.12. The van der Waals surface area contributed by atoms with E-state index in [0.29, 0.717) is 24.3 Å². The van der Waals surface area contributed by atoms with Gasteiger partial charge in [0.2, 0.25) is 11.8 Å². The van der Waals surface area contributed by atoms with Crippen molar-refractivity contribution in [2.24, 2.45) is 5.92 Å². The Kier molecular flexibility index (Phi) is 8.03. The molecule has 1 aliphatic rings. The Morgan fingerprint density at radius 1 is 1.31 bits per heavy atom. The number of thiazole rings is 1. The summed E-state index contributed by atoms with van der Waals surface area (Å²) in [5.41, 5.74) is 1.04. The number of aromatic nitrogens is 1. The summed E-state index contributed by atoms with van der Waals surface area (Å²) in [7, 11) is 0. The van der Waals surface area contributed by atoms with Gasteiger partial charge in [-0.3, -0.25) is 14.5 Å². The average molecular weight is 381 g/mol. The number of unbranched alkanes of at least 4 members (excludes halogenated alkanes) is 1. The summed E-state index contributed by atoms with van der Waals surface area (Å²) in [6.45, 7) is 10.0. The number of hydrogen-bond acceptors (Lipinski definition) is 5. The maximum atomic E-state index is 12.4. The molecular weight excluding hydrogens is 348 g/mol.